The van der Waals surface area contributed by atoms with Crippen LogP contribution in [0.2, 0.25) is 0 Å². The lowest BCUT2D eigenvalue weighted by molar-refractivity contribution is 0.0424. The summed E-state index contributed by atoms with van der Waals surface area (Å²) in [5, 5.41) is 0. The van der Waals surface area contributed by atoms with E-state index >= 15 is 0 Å². The fraction of sp³-hybridized carbons (Fsp3) is 0.455. The zero-order valence-corrected chi connectivity index (χ0v) is 10.5. The van der Waals surface area contributed by atoms with Gasteiger partial charge in [-0.3, -0.25) is 0 Å². The summed E-state index contributed by atoms with van der Waals surface area (Å²) in [6, 6.07) is 4.90. The maximum atomic E-state index is 13.3. The van der Waals surface area contributed by atoms with Crippen LogP contribution in [0.5, 0.6) is 0 Å². The highest BCUT2D eigenvalue weighted by Crippen LogP contribution is 2.15. The summed E-state index contributed by atoms with van der Waals surface area (Å²) in [5.41, 5.74) is 5.79. The van der Waals surface area contributed by atoms with Crippen molar-refractivity contribution in [1.29, 1.82) is 0 Å². The quantitative estimate of drug-likeness (QED) is 0.783. The van der Waals surface area contributed by atoms with Gasteiger partial charge in [0.25, 0.3) is 0 Å². The van der Waals surface area contributed by atoms with E-state index < -0.39 is 0 Å². The van der Waals surface area contributed by atoms with Gasteiger partial charge in [0, 0.05) is 16.6 Å². The summed E-state index contributed by atoms with van der Waals surface area (Å²) >= 11 is 3.19. The molecule has 0 saturated carbocycles. The average Bonchev–Trinajstić information content (AvgIpc) is 2.26. The number of hydrogen-bond acceptors (Lipinski definition) is 3. The first-order valence-electron chi connectivity index (χ1n) is 5.03. The van der Waals surface area contributed by atoms with Crippen LogP contribution in [0.3, 0.4) is 0 Å². The topological polar surface area (TPSA) is 44.5 Å². The zero-order chi connectivity index (χ0) is 11.8. The Kier molecular flexibility index (Phi) is 6.56. The van der Waals surface area contributed by atoms with Gasteiger partial charge in [-0.25, -0.2) is 4.39 Å². The Bertz CT molecular complexity index is 323. The van der Waals surface area contributed by atoms with Crippen LogP contribution in [0.1, 0.15) is 5.56 Å². The largest absolute Gasteiger partial charge is 0.378 e. The Balaban J connectivity index is 2.21. The molecule has 0 spiro atoms. The minimum absolute atomic E-state index is 0.255. The van der Waals surface area contributed by atoms with Gasteiger partial charge in [-0.05, 0) is 12.1 Å². The maximum Gasteiger partial charge on any atom is 0.129 e. The molecule has 0 aliphatic heterocycles. The first-order valence-corrected chi connectivity index (χ1v) is 5.83. The van der Waals surface area contributed by atoms with Crippen molar-refractivity contribution < 1.29 is 13.9 Å². The molecule has 0 radical (unpaired) electrons. The van der Waals surface area contributed by atoms with Crippen molar-refractivity contribution in [3.05, 3.63) is 34.1 Å². The molecule has 0 unspecified atom stereocenters. The van der Waals surface area contributed by atoms with Gasteiger partial charge in [-0.2, -0.15) is 0 Å². The summed E-state index contributed by atoms with van der Waals surface area (Å²) in [6.07, 6.45) is 0. The molecule has 0 amide bonds. The first-order chi connectivity index (χ1) is 7.74. The van der Waals surface area contributed by atoms with Crippen LogP contribution < -0.4 is 5.73 Å². The summed E-state index contributed by atoms with van der Waals surface area (Å²) in [4.78, 5) is 0. The van der Waals surface area contributed by atoms with Gasteiger partial charge < -0.3 is 15.2 Å². The summed E-state index contributed by atoms with van der Waals surface area (Å²) < 4.78 is 24.4. The molecule has 3 nitrogen and oxygen atoms in total. The van der Waals surface area contributed by atoms with Crippen molar-refractivity contribution in [3.63, 3.8) is 0 Å². The van der Waals surface area contributed by atoms with Crippen molar-refractivity contribution in [2.24, 2.45) is 5.73 Å². The molecule has 0 aliphatic rings. The normalized spacial score (nSPS) is 10.7. The van der Waals surface area contributed by atoms with E-state index in [0.717, 1.165) is 4.47 Å². The monoisotopic (exact) mass is 291 g/mol. The fourth-order valence-electron chi connectivity index (χ4n) is 1.12. The summed E-state index contributed by atoms with van der Waals surface area (Å²) in [7, 11) is 0. The molecule has 0 heterocycles. The predicted octanol–water partition coefficient (Wildman–Crippen LogP) is 2.08. The van der Waals surface area contributed by atoms with Crippen molar-refractivity contribution >= 4 is 15.9 Å². The third-order valence-corrected chi connectivity index (χ3v) is 2.40. The molecule has 16 heavy (non-hydrogen) atoms. The number of hydrogen-bond donors (Lipinski definition) is 1. The average molecular weight is 292 g/mol. The van der Waals surface area contributed by atoms with Crippen LogP contribution in [0, 0.1) is 5.82 Å². The van der Waals surface area contributed by atoms with E-state index in [2.05, 4.69) is 15.9 Å². The SMILES string of the molecule is NCCOCCOCc1ccc(Br)cc1F. The lowest BCUT2D eigenvalue weighted by atomic mass is 10.2. The second kappa shape index (κ2) is 7.73. The van der Waals surface area contributed by atoms with E-state index in [9.17, 15) is 4.39 Å². The van der Waals surface area contributed by atoms with E-state index in [1.54, 1.807) is 12.1 Å². The Morgan fingerprint density at radius 1 is 1.19 bits per heavy atom. The zero-order valence-electron chi connectivity index (χ0n) is 8.92. The van der Waals surface area contributed by atoms with E-state index in [-0.39, 0.29) is 12.4 Å². The third-order valence-electron chi connectivity index (χ3n) is 1.91. The van der Waals surface area contributed by atoms with Crippen LogP contribution in [0.4, 0.5) is 4.39 Å². The van der Waals surface area contributed by atoms with Crippen molar-refractivity contribution in [2.75, 3.05) is 26.4 Å². The van der Waals surface area contributed by atoms with Gasteiger partial charge in [0.05, 0.1) is 26.4 Å². The predicted molar refractivity (Wildman–Crippen MR) is 63.6 cm³/mol. The van der Waals surface area contributed by atoms with Crippen molar-refractivity contribution in [2.45, 2.75) is 6.61 Å². The van der Waals surface area contributed by atoms with Crippen LogP contribution in [-0.2, 0) is 16.1 Å². The lowest BCUT2D eigenvalue weighted by Gasteiger charge is -2.06. The molecule has 90 valence electrons. The van der Waals surface area contributed by atoms with Gasteiger partial charge in [-0.15, -0.1) is 0 Å². The molecule has 0 atom stereocenters. The minimum Gasteiger partial charge on any atom is -0.378 e. The molecule has 1 aromatic rings. The second-order valence-electron chi connectivity index (χ2n) is 3.19. The number of benzene rings is 1. The van der Waals surface area contributed by atoms with Crippen LogP contribution in [-0.4, -0.2) is 26.4 Å². The van der Waals surface area contributed by atoms with Crippen LogP contribution in [0.15, 0.2) is 22.7 Å². The summed E-state index contributed by atoms with van der Waals surface area (Å²) in [6.45, 7) is 2.20. The van der Waals surface area contributed by atoms with Crippen LogP contribution in [0.25, 0.3) is 0 Å². The smallest absolute Gasteiger partial charge is 0.129 e. The van der Waals surface area contributed by atoms with E-state index in [1.165, 1.54) is 6.07 Å². The Labute approximate surface area is 103 Å². The molecule has 2 N–H and O–H groups in total. The van der Waals surface area contributed by atoms with Crippen molar-refractivity contribution in [3.8, 4) is 0 Å². The molecule has 5 heteroatoms. The summed E-state index contributed by atoms with van der Waals surface area (Å²) in [5.74, 6) is -0.266. The Morgan fingerprint density at radius 2 is 1.94 bits per heavy atom. The molecule has 0 bridgehead atoms. The van der Waals surface area contributed by atoms with Gasteiger partial charge >= 0.3 is 0 Å². The maximum absolute atomic E-state index is 13.3. The lowest BCUT2D eigenvalue weighted by Crippen LogP contribution is -2.12. The van der Waals surface area contributed by atoms with E-state index in [4.69, 9.17) is 15.2 Å². The van der Waals surface area contributed by atoms with Gasteiger partial charge in [0.15, 0.2) is 0 Å². The fourth-order valence-corrected chi connectivity index (χ4v) is 1.46. The van der Waals surface area contributed by atoms with Gasteiger partial charge in [0.2, 0.25) is 0 Å². The molecule has 0 saturated heterocycles. The Hall–Kier alpha value is -0.490. The minimum atomic E-state index is -0.266. The Morgan fingerprint density at radius 3 is 2.62 bits per heavy atom. The number of halogens is 2. The molecule has 0 fully saturated rings. The third kappa shape index (κ3) is 5.03. The highest BCUT2D eigenvalue weighted by Gasteiger charge is 2.02. The van der Waals surface area contributed by atoms with Crippen molar-refractivity contribution in [1.82, 2.24) is 0 Å². The second-order valence-corrected chi connectivity index (χ2v) is 4.11. The molecule has 1 aromatic carbocycles. The molecule has 1 rings (SSSR count). The van der Waals surface area contributed by atoms with E-state index in [0.29, 0.717) is 31.9 Å². The number of ether oxygens (including phenoxy) is 2. The number of nitrogens with two attached hydrogens (primary N) is 1. The number of rotatable bonds is 7. The van der Waals surface area contributed by atoms with Gasteiger partial charge in [-0.1, -0.05) is 22.0 Å². The van der Waals surface area contributed by atoms with Crippen LogP contribution >= 0.6 is 15.9 Å². The molecule has 0 aliphatic carbocycles. The highest BCUT2D eigenvalue weighted by atomic mass is 79.9. The molecular formula is C11H15BrFNO2. The van der Waals surface area contributed by atoms with Gasteiger partial charge in [0.1, 0.15) is 5.82 Å². The highest BCUT2D eigenvalue weighted by molar-refractivity contribution is 9.10. The molecular weight excluding hydrogens is 277 g/mol. The molecule has 0 aromatic heterocycles. The first kappa shape index (κ1) is 13.6. The van der Waals surface area contributed by atoms with E-state index in [1.807, 2.05) is 0 Å². The standard InChI is InChI=1S/C11H15BrFNO2/c12-10-2-1-9(11(13)7-10)8-16-6-5-15-4-3-14/h1-2,7H,3-6,8,14H2.